The minimum Gasteiger partial charge on any atom is -0.477 e. The van der Waals surface area contributed by atoms with Crippen molar-refractivity contribution in [2.75, 3.05) is 43.0 Å². The number of thiophene rings is 1. The van der Waals surface area contributed by atoms with Crippen LogP contribution < -0.4 is 15.0 Å². The molecular formula is C23H27N3O5S. The number of hydrogen-bond donors (Lipinski definition) is 1. The van der Waals surface area contributed by atoms with Crippen LogP contribution >= 0.6 is 11.3 Å². The van der Waals surface area contributed by atoms with Crippen molar-refractivity contribution < 1.29 is 23.9 Å². The minimum atomic E-state index is -0.660. The second-order valence-electron chi connectivity index (χ2n) is 7.77. The summed E-state index contributed by atoms with van der Waals surface area (Å²) in [5.74, 6) is -0.190. The molecule has 2 aliphatic rings. The summed E-state index contributed by atoms with van der Waals surface area (Å²) >= 11 is 1.27. The molecule has 3 heterocycles. The number of rotatable bonds is 6. The highest BCUT2D eigenvalue weighted by atomic mass is 32.1. The Morgan fingerprint density at radius 2 is 1.94 bits per heavy atom. The average Bonchev–Trinajstić information content (AvgIpc) is 3.27. The van der Waals surface area contributed by atoms with Gasteiger partial charge in [0.15, 0.2) is 6.10 Å². The highest BCUT2D eigenvalue weighted by Gasteiger charge is 2.34. The molecule has 1 saturated heterocycles. The number of nitrogens with zero attached hydrogens (tertiary/aromatic N) is 2. The molecule has 1 aromatic heterocycles. The molecule has 32 heavy (non-hydrogen) atoms. The first-order valence-electron chi connectivity index (χ1n) is 10.9. The van der Waals surface area contributed by atoms with Crippen LogP contribution in [0.25, 0.3) is 0 Å². The Kier molecular flexibility index (Phi) is 6.94. The van der Waals surface area contributed by atoms with Gasteiger partial charge >= 0.3 is 5.97 Å². The van der Waals surface area contributed by atoms with Gasteiger partial charge in [-0.3, -0.25) is 9.59 Å². The lowest BCUT2D eigenvalue weighted by atomic mass is 10.1. The van der Waals surface area contributed by atoms with Gasteiger partial charge < -0.3 is 24.6 Å². The second kappa shape index (κ2) is 10.0. The van der Waals surface area contributed by atoms with Gasteiger partial charge in [-0.2, -0.15) is 0 Å². The first kappa shape index (κ1) is 22.1. The van der Waals surface area contributed by atoms with Gasteiger partial charge in [0.1, 0.15) is 10.8 Å². The number of hydrogen-bond acceptors (Lipinski definition) is 7. The van der Waals surface area contributed by atoms with Crippen LogP contribution in [0.5, 0.6) is 5.75 Å². The van der Waals surface area contributed by atoms with Gasteiger partial charge in [0.2, 0.25) is 5.91 Å². The van der Waals surface area contributed by atoms with Crippen LogP contribution in [-0.2, 0) is 14.3 Å². The van der Waals surface area contributed by atoms with Crippen molar-refractivity contribution in [3.05, 3.63) is 41.3 Å². The molecular weight excluding hydrogens is 430 g/mol. The Morgan fingerprint density at radius 3 is 2.72 bits per heavy atom. The summed E-state index contributed by atoms with van der Waals surface area (Å²) in [6.07, 6.45) is 2.49. The zero-order chi connectivity index (χ0) is 22.5. The number of esters is 1. The third kappa shape index (κ3) is 4.88. The van der Waals surface area contributed by atoms with E-state index in [1.54, 1.807) is 18.4 Å². The Morgan fingerprint density at radius 1 is 1.16 bits per heavy atom. The number of nitrogens with one attached hydrogen (secondary N) is 1. The second-order valence-corrected chi connectivity index (χ2v) is 8.69. The molecule has 1 N–H and O–H groups in total. The van der Waals surface area contributed by atoms with E-state index in [0.717, 1.165) is 38.0 Å². The van der Waals surface area contributed by atoms with Crippen LogP contribution in [0, 0.1) is 0 Å². The standard InChI is InChI=1S/C23H27N3O5S/c1-2-30-23(29)16-10-13-32-21(16)24-20(27)15-26-14-19(22(28)25-11-6-3-7-12-25)31-18-9-5-4-8-17(18)26/h4-5,8-10,13,19H,2-3,6-7,11-12,14-15H2,1H3,(H,24,27). The Bertz CT molecular complexity index is 986. The summed E-state index contributed by atoms with van der Waals surface area (Å²) in [7, 11) is 0. The Hall–Kier alpha value is -3.07. The van der Waals surface area contributed by atoms with Crippen molar-refractivity contribution in [2.24, 2.45) is 0 Å². The van der Waals surface area contributed by atoms with E-state index >= 15 is 0 Å². The number of anilines is 2. The number of likely N-dealkylation sites (tertiary alicyclic amines) is 1. The fourth-order valence-electron chi connectivity index (χ4n) is 4.02. The van der Waals surface area contributed by atoms with E-state index in [1.807, 2.05) is 34.1 Å². The van der Waals surface area contributed by atoms with Gasteiger partial charge in [-0.1, -0.05) is 12.1 Å². The van der Waals surface area contributed by atoms with Gasteiger partial charge in [-0.05, 0) is 49.8 Å². The Labute approximate surface area is 191 Å². The average molecular weight is 458 g/mol. The summed E-state index contributed by atoms with van der Waals surface area (Å²) in [6, 6.07) is 9.04. The number of carbonyl (C=O) groups is 3. The lowest BCUT2D eigenvalue weighted by molar-refractivity contribution is -0.139. The van der Waals surface area contributed by atoms with Crippen LogP contribution in [0.15, 0.2) is 35.7 Å². The van der Waals surface area contributed by atoms with E-state index in [9.17, 15) is 14.4 Å². The quantitative estimate of drug-likeness (QED) is 0.671. The van der Waals surface area contributed by atoms with Crippen LogP contribution in [0.3, 0.4) is 0 Å². The molecule has 0 spiro atoms. The largest absolute Gasteiger partial charge is 0.477 e. The summed E-state index contributed by atoms with van der Waals surface area (Å²) in [5.41, 5.74) is 1.10. The van der Waals surface area contributed by atoms with E-state index in [1.165, 1.54) is 11.3 Å². The van der Waals surface area contributed by atoms with Gasteiger partial charge in [0.25, 0.3) is 5.91 Å². The summed E-state index contributed by atoms with van der Waals surface area (Å²) < 4.78 is 11.1. The van der Waals surface area contributed by atoms with Crippen molar-refractivity contribution in [3.8, 4) is 5.75 Å². The first-order chi connectivity index (χ1) is 15.6. The molecule has 0 aliphatic carbocycles. The molecule has 1 aromatic carbocycles. The molecule has 8 nitrogen and oxygen atoms in total. The molecule has 1 fully saturated rings. The number of amides is 2. The topological polar surface area (TPSA) is 88.2 Å². The predicted molar refractivity (Wildman–Crippen MR) is 122 cm³/mol. The molecule has 2 amide bonds. The molecule has 2 aromatic rings. The van der Waals surface area contributed by atoms with Crippen LogP contribution in [0.2, 0.25) is 0 Å². The predicted octanol–water partition coefficient (Wildman–Crippen LogP) is 3.14. The number of carbonyl (C=O) groups excluding carboxylic acids is 3. The highest BCUT2D eigenvalue weighted by Crippen LogP contribution is 2.34. The molecule has 0 saturated carbocycles. The number of fused-ring (bicyclic) bond motifs is 1. The van der Waals surface area contributed by atoms with E-state index in [0.29, 0.717) is 16.3 Å². The SMILES string of the molecule is CCOC(=O)c1ccsc1NC(=O)CN1CC(C(=O)N2CCCCC2)Oc2ccccc21. The van der Waals surface area contributed by atoms with E-state index < -0.39 is 12.1 Å². The van der Waals surface area contributed by atoms with Gasteiger partial charge in [-0.15, -0.1) is 11.3 Å². The number of ether oxygens (including phenoxy) is 2. The van der Waals surface area contributed by atoms with E-state index in [-0.39, 0.29) is 31.5 Å². The fraction of sp³-hybridized carbons (Fsp3) is 0.435. The number of piperidine rings is 1. The number of para-hydroxylation sites is 2. The third-order valence-corrected chi connectivity index (χ3v) is 6.38. The lowest BCUT2D eigenvalue weighted by Gasteiger charge is -2.38. The smallest absolute Gasteiger partial charge is 0.341 e. The molecule has 1 atom stereocenters. The van der Waals surface area contributed by atoms with Gasteiger partial charge in [0.05, 0.1) is 30.9 Å². The van der Waals surface area contributed by atoms with Crippen LogP contribution in [0.1, 0.15) is 36.5 Å². The van der Waals surface area contributed by atoms with Crippen LogP contribution in [-0.4, -0.2) is 61.6 Å². The number of benzene rings is 1. The van der Waals surface area contributed by atoms with Crippen molar-refractivity contribution in [2.45, 2.75) is 32.3 Å². The van der Waals surface area contributed by atoms with E-state index in [4.69, 9.17) is 9.47 Å². The normalized spacial score (nSPS) is 17.8. The van der Waals surface area contributed by atoms with Crippen molar-refractivity contribution in [3.63, 3.8) is 0 Å². The molecule has 0 radical (unpaired) electrons. The summed E-state index contributed by atoms with van der Waals surface area (Å²) in [4.78, 5) is 41.7. The zero-order valence-electron chi connectivity index (χ0n) is 18.0. The third-order valence-electron chi connectivity index (χ3n) is 5.55. The molecule has 1 unspecified atom stereocenters. The maximum atomic E-state index is 13.1. The van der Waals surface area contributed by atoms with Crippen LogP contribution in [0.4, 0.5) is 10.7 Å². The zero-order valence-corrected chi connectivity index (χ0v) is 18.9. The maximum absolute atomic E-state index is 13.1. The maximum Gasteiger partial charge on any atom is 0.341 e. The molecule has 9 heteroatoms. The van der Waals surface area contributed by atoms with Crippen molar-refractivity contribution in [1.82, 2.24) is 4.90 Å². The minimum absolute atomic E-state index is 0.0321. The summed E-state index contributed by atoms with van der Waals surface area (Å²) in [5, 5.41) is 5.01. The molecule has 170 valence electrons. The first-order valence-corrected chi connectivity index (χ1v) is 11.8. The van der Waals surface area contributed by atoms with Crippen molar-refractivity contribution in [1.29, 1.82) is 0 Å². The fourth-order valence-corrected chi connectivity index (χ4v) is 4.81. The monoisotopic (exact) mass is 457 g/mol. The summed E-state index contributed by atoms with van der Waals surface area (Å²) in [6.45, 7) is 3.81. The Balaban J connectivity index is 1.47. The lowest BCUT2D eigenvalue weighted by Crippen LogP contribution is -2.52. The van der Waals surface area contributed by atoms with Crippen molar-refractivity contribution >= 4 is 39.8 Å². The highest BCUT2D eigenvalue weighted by molar-refractivity contribution is 7.14. The van der Waals surface area contributed by atoms with E-state index in [2.05, 4.69) is 5.32 Å². The van der Waals surface area contributed by atoms with Gasteiger partial charge in [-0.25, -0.2) is 4.79 Å². The molecule has 4 rings (SSSR count). The molecule has 2 aliphatic heterocycles. The molecule has 0 bridgehead atoms. The van der Waals surface area contributed by atoms with Gasteiger partial charge in [0, 0.05) is 13.1 Å².